The lowest BCUT2D eigenvalue weighted by Crippen LogP contribution is -2.34. The molecule has 1 fully saturated rings. The van der Waals surface area contributed by atoms with Crippen LogP contribution in [-0.2, 0) is 6.42 Å². The summed E-state index contributed by atoms with van der Waals surface area (Å²) in [4.78, 5) is 12.9. The van der Waals surface area contributed by atoms with Crippen molar-refractivity contribution in [2.45, 2.75) is 42.8 Å². The zero-order valence-corrected chi connectivity index (χ0v) is 14.2. The Balaban J connectivity index is 1.68. The second-order valence-corrected chi connectivity index (χ2v) is 8.08. The van der Waals surface area contributed by atoms with Gasteiger partial charge in [0.15, 0.2) is 5.78 Å². The molecule has 0 aromatic heterocycles. The van der Waals surface area contributed by atoms with Gasteiger partial charge in [-0.25, -0.2) is 0 Å². The molecule has 0 atom stereocenters. The first-order chi connectivity index (χ1) is 10.7. The van der Waals surface area contributed by atoms with Gasteiger partial charge in [0.1, 0.15) is 0 Å². The number of benzene rings is 2. The van der Waals surface area contributed by atoms with E-state index in [0.717, 1.165) is 37.7 Å². The van der Waals surface area contributed by atoms with E-state index < -0.39 is 0 Å². The Morgan fingerprint density at radius 3 is 2.45 bits per heavy atom. The van der Waals surface area contributed by atoms with E-state index in [1.165, 1.54) is 28.7 Å². The Kier molecular flexibility index (Phi) is 3.45. The number of hydrogen-bond acceptors (Lipinski definition) is 1. The summed E-state index contributed by atoms with van der Waals surface area (Å²) in [6.07, 6.45) is 6.41. The molecule has 112 valence electrons. The molecule has 0 saturated heterocycles. The quantitative estimate of drug-likeness (QED) is 0.436. The summed E-state index contributed by atoms with van der Waals surface area (Å²) in [5.74, 6) is 0.269. The van der Waals surface area contributed by atoms with Gasteiger partial charge in [-0.05, 0) is 47.6 Å². The lowest BCUT2D eigenvalue weighted by molar-refractivity contribution is 0.0923. The van der Waals surface area contributed by atoms with Gasteiger partial charge in [0.25, 0.3) is 0 Å². The Labute approximate surface area is 139 Å². The van der Waals surface area contributed by atoms with Crippen molar-refractivity contribution in [1.82, 2.24) is 0 Å². The molecule has 2 aromatic rings. The van der Waals surface area contributed by atoms with Crippen molar-refractivity contribution in [3.63, 3.8) is 0 Å². The third-order valence-electron chi connectivity index (χ3n) is 5.11. The Hall–Kier alpha value is -1.41. The number of hydrogen-bond donors (Lipinski definition) is 0. The molecule has 4 rings (SSSR count). The number of carbonyl (C=O) groups excluding carboxylic acids is 1. The van der Waals surface area contributed by atoms with E-state index in [9.17, 15) is 4.79 Å². The lowest BCUT2D eigenvalue weighted by atomic mass is 9.83. The predicted octanol–water partition coefficient (Wildman–Crippen LogP) is 5.54. The van der Waals surface area contributed by atoms with Crippen molar-refractivity contribution in [3.8, 4) is 11.1 Å². The molecule has 0 bridgehead atoms. The van der Waals surface area contributed by atoms with Gasteiger partial charge in [0.05, 0.1) is 4.32 Å². The van der Waals surface area contributed by atoms with E-state index >= 15 is 0 Å². The monoisotopic (exact) mass is 354 g/mol. The average Bonchev–Trinajstić information content (AvgIpc) is 2.92. The topological polar surface area (TPSA) is 17.1 Å². The highest BCUT2D eigenvalue weighted by atomic mass is 79.9. The fourth-order valence-electron chi connectivity index (χ4n) is 3.88. The summed E-state index contributed by atoms with van der Waals surface area (Å²) >= 11 is 3.76. The maximum absolute atomic E-state index is 12.9. The number of halogens is 1. The molecular formula is C20H19BrO. The maximum atomic E-state index is 12.9. The van der Waals surface area contributed by atoms with Crippen molar-refractivity contribution in [3.05, 3.63) is 59.2 Å². The number of alkyl halides is 1. The van der Waals surface area contributed by atoms with Crippen LogP contribution < -0.4 is 0 Å². The summed E-state index contributed by atoms with van der Waals surface area (Å²) in [6.45, 7) is 0. The van der Waals surface area contributed by atoms with Crippen molar-refractivity contribution in [2.75, 3.05) is 0 Å². The first-order valence-corrected chi connectivity index (χ1v) is 8.92. The molecule has 2 aliphatic carbocycles. The molecule has 1 saturated carbocycles. The molecule has 1 nitrogen and oxygen atoms in total. The molecule has 2 aromatic carbocycles. The average molecular weight is 355 g/mol. The van der Waals surface area contributed by atoms with Gasteiger partial charge in [0, 0.05) is 5.56 Å². The Morgan fingerprint density at radius 2 is 1.64 bits per heavy atom. The van der Waals surface area contributed by atoms with Gasteiger partial charge in [-0.3, -0.25) is 4.79 Å². The van der Waals surface area contributed by atoms with E-state index in [1.54, 1.807) is 0 Å². The highest BCUT2D eigenvalue weighted by Crippen LogP contribution is 2.41. The van der Waals surface area contributed by atoms with Crippen LogP contribution in [0.1, 0.15) is 53.6 Å². The van der Waals surface area contributed by atoms with E-state index in [0.29, 0.717) is 0 Å². The highest BCUT2D eigenvalue weighted by molar-refractivity contribution is 9.10. The van der Waals surface area contributed by atoms with Crippen molar-refractivity contribution < 1.29 is 4.79 Å². The fraction of sp³-hybridized carbons (Fsp3) is 0.350. The third-order valence-corrected chi connectivity index (χ3v) is 6.26. The van der Waals surface area contributed by atoms with Gasteiger partial charge in [-0.2, -0.15) is 0 Å². The molecule has 0 unspecified atom stereocenters. The van der Waals surface area contributed by atoms with Gasteiger partial charge < -0.3 is 0 Å². The van der Waals surface area contributed by atoms with Crippen LogP contribution in [0.2, 0.25) is 0 Å². The first kappa shape index (κ1) is 14.2. The largest absolute Gasteiger partial charge is 0.293 e. The molecule has 2 heteroatoms. The SMILES string of the molecule is O=C(c1ccc2c(c1)Cc1ccccc1-2)C1(Br)CCCCC1. The second kappa shape index (κ2) is 5.34. The van der Waals surface area contributed by atoms with E-state index in [1.807, 2.05) is 6.07 Å². The van der Waals surface area contributed by atoms with Crippen molar-refractivity contribution in [1.29, 1.82) is 0 Å². The van der Waals surface area contributed by atoms with Gasteiger partial charge in [-0.1, -0.05) is 71.6 Å². The van der Waals surface area contributed by atoms with Crippen LogP contribution >= 0.6 is 15.9 Å². The molecule has 2 aliphatic rings. The van der Waals surface area contributed by atoms with Crippen LogP contribution in [0.4, 0.5) is 0 Å². The molecule has 0 spiro atoms. The number of carbonyl (C=O) groups is 1. The summed E-state index contributed by atoms with van der Waals surface area (Å²) in [7, 11) is 0. The Morgan fingerprint density at radius 1 is 0.909 bits per heavy atom. The number of fused-ring (bicyclic) bond motifs is 3. The number of ketones is 1. The molecule has 0 N–H and O–H groups in total. The van der Waals surface area contributed by atoms with Crippen LogP contribution in [0.3, 0.4) is 0 Å². The third kappa shape index (κ3) is 2.25. The zero-order chi connectivity index (χ0) is 15.2. The van der Waals surface area contributed by atoms with E-state index in [-0.39, 0.29) is 10.1 Å². The minimum atomic E-state index is -0.328. The molecule has 0 radical (unpaired) electrons. The van der Waals surface area contributed by atoms with Gasteiger partial charge in [0.2, 0.25) is 0 Å². The van der Waals surface area contributed by atoms with Crippen LogP contribution in [0.15, 0.2) is 42.5 Å². The normalized spacial score (nSPS) is 18.6. The molecule has 0 heterocycles. The van der Waals surface area contributed by atoms with Crippen LogP contribution in [-0.4, -0.2) is 10.1 Å². The van der Waals surface area contributed by atoms with Gasteiger partial charge >= 0.3 is 0 Å². The first-order valence-electron chi connectivity index (χ1n) is 8.12. The number of Topliss-reactive ketones (excluding diaryl/α,β-unsaturated/α-hetero) is 1. The smallest absolute Gasteiger partial charge is 0.179 e. The second-order valence-electron chi connectivity index (χ2n) is 6.56. The van der Waals surface area contributed by atoms with Crippen LogP contribution in [0.25, 0.3) is 11.1 Å². The van der Waals surface area contributed by atoms with Crippen molar-refractivity contribution >= 4 is 21.7 Å². The summed E-state index contributed by atoms with van der Waals surface area (Å²) < 4.78 is -0.328. The molecule has 22 heavy (non-hydrogen) atoms. The van der Waals surface area contributed by atoms with Crippen LogP contribution in [0, 0.1) is 0 Å². The summed E-state index contributed by atoms with van der Waals surface area (Å²) in [5.41, 5.74) is 6.14. The predicted molar refractivity (Wildman–Crippen MR) is 93.8 cm³/mol. The Bertz CT molecular complexity index is 741. The fourth-order valence-corrected chi connectivity index (χ4v) is 4.67. The zero-order valence-electron chi connectivity index (χ0n) is 12.6. The van der Waals surface area contributed by atoms with Crippen molar-refractivity contribution in [2.24, 2.45) is 0 Å². The minimum absolute atomic E-state index is 0.269. The van der Waals surface area contributed by atoms with E-state index in [4.69, 9.17) is 0 Å². The molecular weight excluding hydrogens is 336 g/mol. The summed E-state index contributed by atoms with van der Waals surface area (Å²) in [5, 5.41) is 0. The minimum Gasteiger partial charge on any atom is -0.293 e. The van der Waals surface area contributed by atoms with E-state index in [2.05, 4.69) is 52.3 Å². The lowest BCUT2D eigenvalue weighted by Gasteiger charge is -2.30. The molecule has 0 amide bonds. The highest BCUT2D eigenvalue weighted by Gasteiger charge is 2.37. The summed E-state index contributed by atoms with van der Waals surface area (Å²) in [6, 6.07) is 14.8. The van der Waals surface area contributed by atoms with Gasteiger partial charge in [-0.15, -0.1) is 0 Å². The standard InChI is InChI=1S/C20H19BrO/c21-20(10-4-1-5-11-20)19(22)15-8-9-18-16(13-15)12-14-6-2-3-7-17(14)18/h2-3,6-9,13H,1,4-5,10-12H2. The van der Waals surface area contributed by atoms with Crippen LogP contribution in [0.5, 0.6) is 0 Å². The maximum Gasteiger partial charge on any atom is 0.179 e. The molecule has 0 aliphatic heterocycles. The number of rotatable bonds is 2.